The lowest BCUT2D eigenvalue weighted by atomic mass is 10.2. The number of amides is 3. The van der Waals surface area contributed by atoms with Crippen LogP contribution in [0.3, 0.4) is 0 Å². The summed E-state index contributed by atoms with van der Waals surface area (Å²) in [4.78, 5) is 41.8. The number of fused-ring (bicyclic) bond motifs is 1. The Kier molecular flexibility index (Phi) is 6.30. The Balaban J connectivity index is 1.22. The number of carbonyl (C=O) groups is 2. The van der Waals surface area contributed by atoms with Crippen LogP contribution in [0.25, 0.3) is 5.65 Å². The number of carbonyl (C=O) groups excluding carboxylic acids is 2. The van der Waals surface area contributed by atoms with Gasteiger partial charge < -0.3 is 15.1 Å². The molecule has 4 aromatic rings. The van der Waals surface area contributed by atoms with Gasteiger partial charge in [-0.1, -0.05) is 36.4 Å². The molecule has 2 aromatic carbocycles. The highest BCUT2D eigenvalue weighted by Gasteiger charge is 2.23. The van der Waals surface area contributed by atoms with Crippen LogP contribution < -0.4 is 11.0 Å². The van der Waals surface area contributed by atoms with Crippen LogP contribution in [0.15, 0.2) is 83.8 Å². The van der Waals surface area contributed by atoms with Crippen molar-refractivity contribution in [3.05, 3.63) is 101 Å². The van der Waals surface area contributed by atoms with E-state index in [-0.39, 0.29) is 17.6 Å². The molecule has 1 aliphatic heterocycles. The molecule has 3 amide bonds. The van der Waals surface area contributed by atoms with Gasteiger partial charge in [0.25, 0.3) is 5.91 Å². The number of aromatic nitrogens is 3. The SMILES string of the molecule is O=C(Nc1cccc(Cn2nc3ccccn3c2=O)c1)N1CCCN(C(=O)c2ccccc2)CC1. The minimum Gasteiger partial charge on any atom is -0.337 e. The third-order valence-corrected chi connectivity index (χ3v) is 6.09. The fourth-order valence-corrected chi connectivity index (χ4v) is 4.28. The van der Waals surface area contributed by atoms with Crippen LogP contribution in [0.4, 0.5) is 10.5 Å². The van der Waals surface area contributed by atoms with Gasteiger partial charge in [-0.15, -0.1) is 5.10 Å². The maximum Gasteiger partial charge on any atom is 0.350 e. The highest BCUT2D eigenvalue weighted by atomic mass is 16.2. The van der Waals surface area contributed by atoms with Gasteiger partial charge in [-0.2, -0.15) is 0 Å². The average molecular weight is 471 g/mol. The van der Waals surface area contributed by atoms with Crippen molar-refractivity contribution in [2.45, 2.75) is 13.0 Å². The molecule has 178 valence electrons. The van der Waals surface area contributed by atoms with Crippen LogP contribution in [0.2, 0.25) is 0 Å². The lowest BCUT2D eigenvalue weighted by Crippen LogP contribution is -2.39. The summed E-state index contributed by atoms with van der Waals surface area (Å²) in [6.45, 7) is 2.42. The maximum absolute atomic E-state index is 12.9. The quantitative estimate of drug-likeness (QED) is 0.497. The Morgan fingerprint density at radius 3 is 2.46 bits per heavy atom. The second-order valence-electron chi connectivity index (χ2n) is 8.50. The number of nitrogens with zero attached hydrogens (tertiary/aromatic N) is 5. The van der Waals surface area contributed by atoms with Gasteiger partial charge in [0.15, 0.2) is 5.65 Å². The summed E-state index contributed by atoms with van der Waals surface area (Å²) in [7, 11) is 0. The molecular weight excluding hydrogens is 444 g/mol. The first-order valence-corrected chi connectivity index (χ1v) is 11.6. The zero-order valence-corrected chi connectivity index (χ0v) is 19.2. The van der Waals surface area contributed by atoms with Crippen molar-refractivity contribution < 1.29 is 9.59 Å². The van der Waals surface area contributed by atoms with Gasteiger partial charge in [0.05, 0.1) is 6.54 Å². The van der Waals surface area contributed by atoms with E-state index in [1.165, 1.54) is 9.08 Å². The molecule has 3 heterocycles. The summed E-state index contributed by atoms with van der Waals surface area (Å²) in [6, 6.07) is 21.8. The second-order valence-corrected chi connectivity index (χ2v) is 8.50. The number of nitrogens with one attached hydrogen (secondary N) is 1. The molecular formula is C26H26N6O3. The fraction of sp³-hybridized carbons (Fsp3) is 0.231. The molecule has 1 aliphatic rings. The molecule has 0 aliphatic carbocycles. The second kappa shape index (κ2) is 9.84. The number of rotatable bonds is 4. The van der Waals surface area contributed by atoms with E-state index in [1.807, 2.05) is 60.7 Å². The lowest BCUT2D eigenvalue weighted by molar-refractivity contribution is 0.0762. The van der Waals surface area contributed by atoms with Crippen LogP contribution >= 0.6 is 0 Å². The standard InChI is InChI=1S/C26H26N6O3/c33-24(21-9-2-1-3-10-21)29-13-7-14-30(17-16-29)25(34)27-22-11-6-8-20(18-22)19-32-26(35)31-15-5-4-12-23(31)28-32/h1-6,8-12,15,18H,7,13-14,16-17,19H2,(H,27,34). The average Bonchev–Trinajstić information content (AvgIpc) is 3.04. The molecule has 0 spiro atoms. The molecule has 0 radical (unpaired) electrons. The molecule has 1 saturated heterocycles. The summed E-state index contributed by atoms with van der Waals surface area (Å²) in [5.74, 6) is -0.0113. The van der Waals surface area contributed by atoms with Crippen molar-refractivity contribution in [3.63, 3.8) is 0 Å². The Morgan fingerprint density at radius 1 is 0.857 bits per heavy atom. The summed E-state index contributed by atoms with van der Waals surface area (Å²) in [5, 5.41) is 7.32. The molecule has 5 rings (SSSR count). The van der Waals surface area contributed by atoms with E-state index >= 15 is 0 Å². The minimum atomic E-state index is -0.214. The number of hydrogen-bond acceptors (Lipinski definition) is 4. The summed E-state index contributed by atoms with van der Waals surface area (Å²) in [5.41, 5.74) is 2.53. The van der Waals surface area contributed by atoms with E-state index in [2.05, 4.69) is 10.4 Å². The number of anilines is 1. The van der Waals surface area contributed by atoms with Crippen molar-refractivity contribution in [1.29, 1.82) is 0 Å². The lowest BCUT2D eigenvalue weighted by Gasteiger charge is -2.22. The Hall–Kier alpha value is -4.40. The minimum absolute atomic E-state index is 0.0113. The molecule has 35 heavy (non-hydrogen) atoms. The third-order valence-electron chi connectivity index (χ3n) is 6.09. The number of hydrogen-bond donors (Lipinski definition) is 1. The highest BCUT2D eigenvalue weighted by molar-refractivity contribution is 5.94. The molecule has 9 nitrogen and oxygen atoms in total. The normalized spacial score (nSPS) is 14.1. The third kappa shape index (κ3) is 4.93. The summed E-state index contributed by atoms with van der Waals surface area (Å²) >= 11 is 0. The van der Waals surface area contributed by atoms with Crippen molar-refractivity contribution in [3.8, 4) is 0 Å². The van der Waals surface area contributed by atoms with E-state index in [0.717, 1.165) is 5.56 Å². The van der Waals surface area contributed by atoms with Gasteiger partial charge >= 0.3 is 11.7 Å². The molecule has 1 N–H and O–H groups in total. The van der Waals surface area contributed by atoms with E-state index in [1.54, 1.807) is 28.1 Å². The smallest absolute Gasteiger partial charge is 0.337 e. The molecule has 0 saturated carbocycles. The molecule has 1 fully saturated rings. The first-order valence-electron chi connectivity index (χ1n) is 11.6. The molecule has 9 heteroatoms. The van der Waals surface area contributed by atoms with Crippen molar-refractivity contribution in [2.24, 2.45) is 0 Å². The van der Waals surface area contributed by atoms with Gasteiger partial charge in [-0.3, -0.25) is 9.20 Å². The topological polar surface area (TPSA) is 91.9 Å². The van der Waals surface area contributed by atoms with Crippen molar-refractivity contribution >= 4 is 23.3 Å². The number of pyridine rings is 1. The van der Waals surface area contributed by atoms with E-state index < -0.39 is 0 Å². The maximum atomic E-state index is 12.9. The van der Waals surface area contributed by atoms with Gasteiger partial charge in [0.2, 0.25) is 0 Å². The predicted octanol–water partition coefficient (Wildman–Crippen LogP) is 2.92. The van der Waals surface area contributed by atoms with E-state index in [4.69, 9.17) is 0 Å². The first-order chi connectivity index (χ1) is 17.1. The van der Waals surface area contributed by atoms with Gasteiger partial charge in [-0.25, -0.2) is 14.3 Å². The first kappa shape index (κ1) is 22.4. The van der Waals surface area contributed by atoms with Crippen LogP contribution in [0.5, 0.6) is 0 Å². The molecule has 0 bridgehead atoms. The molecule has 0 atom stereocenters. The fourth-order valence-electron chi connectivity index (χ4n) is 4.28. The number of urea groups is 1. The van der Waals surface area contributed by atoms with Crippen LogP contribution in [0.1, 0.15) is 22.3 Å². The number of benzene rings is 2. The zero-order valence-electron chi connectivity index (χ0n) is 19.2. The van der Waals surface area contributed by atoms with Gasteiger partial charge in [0, 0.05) is 43.6 Å². The largest absolute Gasteiger partial charge is 0.350 e. The predicted molar refractivity (Wildman–Crippen MR) is 133 cm³/mol. The zero-order chi connectivity index (χ0) is 24.2. The summed E-state index contributed by atoms with van der Waals surface area (Å²) < 4.78 is 2.90. The molecule has 0 unspecified atom stereocenters. The van der Waals surface area contributed by atoms with E-state index in [9.17, 15) is 14.4 Å². The van der Waals surface area contributed by atoms with Gasteiger partial charge in [0.1, 0.15) is 0 Å². The Morgan fingerprint density at radius 2 is 1.63 bits per heavy atom. The monoisotopic (exact) mass is 470 g/mol. The van der Waals surface area contributed by atoms with Gasteiger partial charge in [-0.05, 0) is 48.4 Å². The molecule has 2 aromatic heterocycles. The van der Waals surface area contributed by atoms with Crippen LogP contribution in [0, 0.1) is 0 Å². The Labute approximate surface area is 202 Å². The Bertz CT molecular complexity index is 1410. The van der Waals surface area contributed by atoms with E-state index in [0.29, 0.717) is 56.0 Å². The van der Waals surface area contributed by atoms with Crippen molar-refractivity contribution in [2.75, 3.05) is 31.5 Å². The highest BCUT2D eigenvalue weighted by Crippen LogP contribution is 2.14. The van der Waals surface area contributed by atoms with Crippen molar-refractivity contribution in [1.82, 2.24) is 24.0 Å². The van der Waals surface area contributed by atoms with Crippen LogP contribution in [-0.2, 0) is 6.54 Å². The summed E-state index contributed by atoms with van der Waals surface area (Å²) in [6.07, 6.45) is 2.40. The van der Waals surface area contributed by atoms with Crippen LogP contribution in [-0.4, -0.2) is 62.1 Å².